The quantitative estimate of drug-likeness (QED) is 0.835. The Balaban J connectivity index is 1.72. The summed E-state index contributed by atoms with van der Waals surface area (Å²) < 4.78 is 1.05. The molecule has 2 amide bonds. The van der Waals surface area contributed by atoms with Gasteiger partial charge in [-0.1, -0.05) is 46.3 Å². The van der Waals surface area contributed by atoms with Crippen molar-refractivity contribution in [3.8, 4) is 0 Å². The Labute approximate surface area is 132 Å². The highest BCUT2D eigenvalue weighted by atomic mass is 79.9. The lowest BCUT2D eigenvalue weighted by atomic mass is 9.72. The summed E-state index contributed by atoms with van der Waals surface area (Å²) in [6, 6.07) is 17.5. The first-order valence-electron chi connectivity index (χ1n) is 7.08. The summed E-state index contributed by atoms with van der Waals surface area (Å²) in [7, 11) is 0. The van der Waals surface area contributed by atoms with Crippen molar-refractivity contribution >= 4 is 27.6 Å². The SMILES string of the molecule is O=C(Nc1ccccc1)NC1(c2ccc(Br)cc2)CCC1. The monoisotopic (exact) mass is 344 g/mol. The van der Waals surface area contributed by atoms with Gasteiger partial charge in [-0.25, -0.2) is 4.79 Å². The zero-order valence-electron chi connectivity index (χ0n) is 11.6. The van der Waals surface area contributed by atoms with Crippen LogP contribution in [0.5, 0.6) is 0 Å². The van der Waals surface area contributed by atoms with Crippen LogP contribution in [0.3, 0.4) is 0 Å². The molecule has 2 N–H and O–H groups in total. The van der Waals surface area contributed by atoms with E-state index >= 15 is 0 Å². The largest absolute Gasteiger partial charge is 0.328 e. The molecule has 1 aliphatic carbocycles. The number of benzene rings is 2. The summed E-state index contributed by atoms with van der Waals surface area (Å²) in [6.45, 7) is 0. The van der Waals surface area contributed by atoms with Crippen molar-refractivity contribution in [1.29, 1.82) is 0 Å². The van der Waals surface area contributed by atoms with Gasteiger partial charge in [0.1, 0.15) is 0 Å². The van der Waals surface area contributed by atoms with Crippen LogP contribution in [0.15, 0.2) is 59.1 Å². The van der Waals surface area contributed by atoms with E-state index < -0.39 is 0 Å². The summed E-state index contributed by atoms with van der Waals surface area (Å²) in [6.07, 6.45) is 3.11. The predicted octanol–water partition coefficient (Wildman–Crippen LogP) is 4.65. The topological polar surface area (TPSA) is 41.1 Å². The van der Waals surface area contributed by atoms with E-state index in [0.717, 1.165) is 29.4 Å². The van der Waals surface area contributed by atoms with Gasteiger partial charge >= 0.3 is 6.03 Å². The molecule has 1 aliphatic rings. The molecule has 3 rings (SSSR count). The minimum Gasteiger partial charge on any atom is -0.328 e. The van der Waals surface area contributed by atoms with Crippen molar-refractivity contribution in [1.82, 2.24) is 5.32 Å². The Morgan fingerprint density at radius 2 is 1.67 bits per heavy atom. The molecule has 0 aliphatic heterocycles. The number of nitrogens with one attached hydrogen (secondary N) is 2. The molecule has 21 heavy (non-hydrogen) atoms. The minimum atomic E-state index is -0.223. The summed E-state index contributed by atoms with van der Waals surface area (Å²) in [5, 5.41) is 6.04. The Kier molecular flexibility index (Phi) is 3.97. The second-order valence-electron chi connectivity index (χ2n) is 5.39. The Morgan fingerprint density at radius 3 is 2.24 bits per heavy atom. The lowest BCUT2D eigenvalue weighted by molar-refractivity contribution is 0.185. The van der Waals surface area contributed by atoms with Crippen molar-refractivity contribution in [2.45, 2.75) is 24.8 Å². The van der Waals surface area contributed by atoms with Gasteiger partial charge in [0.05, 0.1) is 5.54 Å². The van der Waals surface area contributed by atoms with E-state index in [-0.39, 0.29) is 11.6 Å². The number of hydrogen-bond donors (Lipinski definition) is 2. The third kappa shape index (κ3) is 3.10. The van der Waals surface area contributed by atoms with E-state index in [0.29, 0.717) is 0 Å². The third-order valence-corrected chi connectivity index (χ3v) is 4.52. The van der Waals surface area contributed by atoms with Crippen LogP contribution in [0.4, 0.5) is 10.5 Å². The molecule has 0 heterocycles. The average molecular weight is 345 g/mol. The summed E-state index contributed by atoms with van der Waals surface area (Å²) >= 11 is 3.45. The summed E-state index contributed by atoms with van der Waals surface area (Å²) in [5.74, 6) is 0. The molecule has 0 spiro atoms. The molecule has 3 nitrogen and oxygen atoms in total. The van der Waals surface area contributed by atoms with Crippen molar-refractivity contribution in [2.75, 3.05) is 5.32 Å². The average Bonchev–Trinajstić information content (AvgIpc) is 2.45. The molecule has 0 atom stereocenters. The number of halogens is 1. The first-order valence-corrected chi connectivity index (χ1v) is 7.88. The molecule has 0 aromatic heterocycles. The van der Waals surface area contributed by atoms with E-state index in [4.69, 9.17) is 0 Å². The van der Waals surface area contributed by atoms with Crippen LogP contribution >= 0.6 is 15.9 Å². The van der Waals surface area contributed by atoms with Crippen molar-refractivity contribution in [2.24, 2.45) is 0 Å². The summed E-state index contributed by atoms with van der Waals surface area (Å²) in [4.78, 5) is 12.2. The smallest absolute Gasteiger partial charge is 0.319 e. The molecule has 4 heteroatoms. The van der Waals surface area contributed by atoms with Gasteiger partial charge in [-0.05, 0) is 49.1 Å². The molecule has 0 unspecified atom stereocenters. The zero-order chi connectivity index (χ0) is 14.7. The number of amides is 2. The van der Waals surface area contributed by atoms with Crippen LogP contribution in [-0.4, -0.2) is 6.03 Å². The highest BCUT2D eigenvalue weighted by Gasteiger charge is 2.40. The predicted molar refractivity (Wildman–Crippen MR) is 88.3 cm³/mol. The van der Waals surface area contributed by atoms with E-state index in [2.05, 4.69) is 38.7 Å². The van der Waals surface area contributed by atoms with Crippen LogP contribution in [0.2, 0.25) is 0 Å². The number of carbonyl (C=O) groups is 1. The second-order valence-corrected chi connectivity index (χ2v) is 6.30. The maximum absolute atomic E-state index is 12.2. The maximum Gasteiger partial charge on any atom is 0.319 e. The number of anilines is 1. The van der Waals surface area contributed by atoms with Gasteiger partial charge in [-0.3, -0.25) is 0 Å². The van der Waals surface area contributed by atoms with Crippen molar-refractivity contribution < 1.29 is 4.79 Å². The molecule has 1 saturated carbocycles. The van der Waals surface area contributed by atoms with Crippen LogP contribution in [0, 0.1) is 0 Å². The molecule has 0 radical (unpaired) electrons. The summed E-state index contributed by atoms with van der Waals surface area (Å²) in [5.41, 5.74) is 1.75. The molecular formula is C17H17BrN2O. The number of para-hydroxylation sites is 1. The number of hydrogen-bond acceptors (Lipinski definition) is 1. The van der Waals surface area contributed by atoms with Crippen LogP contribution in [0.25, 0.3) is 0 Å². The second kappa shape index (κ2) is 5.90. The lowest BCUT2D eigenvalue weighted by Gasteiger charge is -2.43. The van der Waals surface area contributed by atoms with Gasteiger partial charge < -0.3 is 10.6 Å². The lowest BCUT2D eigenvalue weighted by Crippen LogP contribution is -2.52. The van der Waals surface area contributed by atoms with Gasteiger partial charge in [0.25, 0.3) is 0 Å². The van der Waals surface area contributed by atoms with E-state index in [1.807, 2.05) is 42.5 Å². The number of carbonyl (C=O) groups excluding carboxylic acids is 1. The third-order valence-electron chi connectivity index (χ3n) is 3.99. The first-order chi connectivity index (χ1) is 10.2. The van der Waals surface area contributed by atoms with Crippen LogP contribution in [-0.2, 0) is 5.54 Å². The van der Waals surface area contributed by atoms with Crippen molar-refractivity contribution in [3.63, 3.8) is 0 Å². The molecule has 2 aromatic carbocycles. The van der Waals surface area contributed by atoms with Gasteiger partial charge in [0, 0.05) is 10.2 Å². The Morgan fingerprint density at radius 1 is 1.00 bits per heavy atom. The molecule has 2 aromatic rings. The first kappa shape index (κ1) is 14.1. The van der Waals surface area contributed by atoms with E-state index in [1.54, 1.807) is 0 Å². The Hall–Kier alpha value is -1.81. The van der Waals surface area contributed by atoms with Gasteiger partial charge in [-0.15, -0.1) is 0 Å². The van der Waals surface area contributed by atoms with E-state index in [1.165, 1.54) is 5.56 Å². The normalized spacial score (nSPS) is 15.9. The van der Waals surface area contributed by atoms with Crippen molar-refractivity contribution in [3.05, 3.63) is 64.6 Å². The molecule has 0 bridgehead atoms. The minimum absolute atomic E-state index is 0.149. The van der Waals surface area contributed by atoms with Gasteiger partial charge in [-0.2, -0.15) is 0 Å². The fourth-order valence-corrected chi connectivity index (χ4v) is 2.95. The molecule has 108 valence electrons. The fraction of sp³-hybridized carbons (Fsp3) is 0.235. The zero-order valence-corrected chi connectivity index (χ0v) is 13.2. The molecule has 1 fully saturated rings. The molecule has 0 saturated heterocycles. The van der Waals surface area contributed by atoms with Gasteiger partial charge in [0.15, 0.2) is 0 Å². The van der Waals surface area contributed by atoms with Gasteiger partial charge in [0.2, 0.25) is 0 Å². The highest BCUT2D eigenvalue weighted by Crippen LogP contribution is 2.41. The van der Waals surface area contributed by atoms with Crippen LogP contribution in [0.1, 0.15) is 24.8 Å². The number of rotatable bonds is 3. The molecular weight excluding hydrogens is 328 g/mol. The Bertz CT molecular complexity index is 621. The standard InChI is InChI=1S/C17H17BrN2O/c18-14-9-7-13(8-10-14)17(11-4-12-17)20-16(21)19-15-5-2-1-3-6-15/h1-3,5-10H,4,11-12H2,(H2,19,20,21). The highest BCUT2D eigenvalue weighted by molar-refractivity contribution is 9.10. The fourth-order valence-electron chi connectivity index (χ4n) is 2.69. The van der Waals surface area contributed by atoms with E-state index in [9.17, 15) is 4.79 Å². The number of urea groups is 1. The van der Waals surface area contributed by atoms with Crippen LogP contribution < -0.4 is 10.6 Å². The maximum atomic E-state index is 12.2.